The lowest BCUT2D eigenvalue weighted by molar-refractivity contribution is 0.0595. The molecule has 0 aliphatic carbocycles. The second kappa shape index (κ2) is 6.73. The Morgan fingerprint density at radius 3 is 2.55 bits per heavy atom. The Balaban J connectivity index is 1.92. The second-order valence-corrected chi connectivity index (χ2v) is 7.15. The molecule has 1 saturated heterocycles. The molecular formula is C16H24N2OS. The van der Waals surface area contributed by atoms with E-state index in [2.05, 4.69) is 47.8 Å². The van der Waals surface area contributed by atoms with Crippen LogP contribution in [0.25, 0.3) is 0 Å². The van der Waals surface area contributed by atoms with Crippen molar-refractivity contribution in [2.45, 2.75) is 32.9 Å². The van der Waals surface area contributed by atoms with E-state index in [0.29, 0.717) is 0 Å². The van der Waals surface area contributed by atoms with E-state index in [-0.39, 0.29) is 12.1 Å². The number of thiophene rings is 1. The van der Waals surface area contributed by atoms with Crippen LogP contribution >= 0.6 is 11.3 Å². The summed E-state index contributed by atoms with van der Waals surface area (Å²) in [5.41, 5.74) is 1.34. The van der Waals surface area contributed by atoms with Crippen molar-refractivity contribution in [2.24, 2.45) is 0 Å². The third kappa shape index (κ3) is 4.07. The van der Waals surface area contributed by atoms with Gasteiger partial charge in [-0.1, -0.05) is 11.8 Å². The van der Waals surface area contributed by atoms with Gasteiger partial charge < -0.3 is 5.11 Å². The molecule has 20 heavy (non-hydrogen) atoms. The first-order valence-electron chi connectivity index (χ1n) is 7.14. The van der Waals surface area contributed by atoms with Gasteiger partial charge in [0.1, 0.15) is 6.61 Å². The quantitative estimate of drug-likeness (QED) is 0.845. The van der Waals surface area contributed by atoms with Gasteiger partial charge in [-0.2, -0.15) is 0 Å². The third-order valence-electron chi connectivity index (χ3n) is 3.74. The molecule has 2 heterocycles. The van der Waals surface area contributed by atoms with Crippen LogP contribution < -0.4 is 0 Å². The van der Waals surface area contributed by atoms with Crippen LogP contribution in [0, 0.1) is 11.8 Å². The standard InChI is InChI=1S/C16H24N2OS/c1-16(2,3)18-9-7-17(8-10-18)13-15-14(5-4-11-19)6-12-20-15/h6,12,19H,7-11,13H2,1-3H3. The van der Waals surface area contributed by atoms with Crippen LogP contribution in [0.4, 0.5) is 0 Å². The van der Waals surface area contributed by atoms with E-state index in [9.17, 15) is 0 Å². The van der Waals surface area contributed by atoms with Gasteiger partial charge in [0.2, 0.25) is 0 Å². The molecule has 0 radical (unpaired) electrons. The zero-order valence-electron chi connectivity index (χ0n) is 12.6. The zero-order chi connectivity index (χ0) is 14.6. The molecule has 110 valence electrons. The summed E-state index contributed by atoms with van der Waals surface area (Å²) in [4.78, 5) is 6.36. The highest BCUT2D eigenvalue weighted by atomic mass is 32.1. The van der Waals surface area contributed by atoms with Gasteiger partial charge >= 0.3 is 0 Å². The largest absolute Gasteiger partial charge is 0.384 e. The summed E-state index contributed by atoms with van der Waals surface area (Å²) in [7, 11) is 0. The monoisotopic (exact) mass is 292 g/mol. The molecule has 2 rings (SSSR count). The van der Waals surface area contributed by atoms with Crippen LogP contribution in [0.1, 0.15) is 31.2 Å². The Kier molecular flexibility index (Phi) is 5.22. The van der Waals surface area contributed by atoms with E-state index in [1.54, 1.807) is 11.3 Å². The first kappa shape index (κ1) is 15.5. The fraction of sp³-hybridized carbons (Fsp3) is 0.625. The molecule has 0 aromatic carbocycles. The summed E-state index contributed by atoms with van der Waals surface area (Å²) in [6.07, 6.45) is 0. The lowest BCUT2D eigenvalue weighted by Crippen LogP contribution is -2.53. The van der Waals surface area contributed by atoms with Crippen LogP contribution in [-0.2, 0) is 6.54 Å². The lowest BCUT2D eigenvalue weighted by Gasteiger charge is -2.42. The highest BCUT2D eigenvalue weighted by molar-refractivity contribution is 7.10. The molecule has 0 bridgehead atoms. The molecular weight excluding hydrogens is 268 g/mol. The third-order valence-corrected chi connectivity index (χ3v) is 4.64. The molecule has 1 N–H and O–H groups in total. The molecule has 1 fully saturated rings. The molecule has 1 aromatic heterocycles. The van der Waals surface area contributed by atoms with Crippen molar-refractivity contribution in [2.75, 3.05) is 32.8 Å². The van der Waals surface area contributed by atoms with Crippen LogP contribution in [0.15, 0.2) is 11.4 Å². The summed E-state index contributed by atoms with van der Waals surface area (Å²) in [5, 5.41) is 10.9. The van der Waals surface area contributed by atoms with Crippen molar-refractivity contribution in [1.82, 2.24) is 9.80 Å². The van der Waals surface area contributed by atoms with E-state index < -0.39 is 0 Å². The Bertz CT molecular complexity index is 485. The van der Waals surface area contributed by atoms with Gasteiger partial charge in [0.15, 0.2) is 0 Å². The minimum Gasteiger partial charge on any atom is -0.384 e. The predicted octanol–water partition coefficient (Wildman–Crippen LogP) is 2.01. The maximum atomic E-state index is 8.80. The number of hydrogen-bond donors (Lipinski definition) is 1. The molecule has 1 aliphatic rings. The van der Waals surface area contributed by atoms with Gasteiger partial charge in [-0.3, -0.25) is 9.80 Å². The summed E-state index contributed by atoms with van der Waals surface area (Å²) >= 11 is 1.76. The van der Waals surface area contributed by atoms with E-state index >= 15 is 0 Å². The van der Waals surface area contributed by atoms with Gasteiger partial charge in [-0.15, -0.1) is 11.3 Å². The molecule has 3 nitrogen and oxygen atoms in total. The van der Waals surface area contributed by atoms with Crippen molar-refractivity contribution in [3.63, 3.8) is 0 Å². The minimum atomic E-state index is -0.0699. The van der Waals surface area contributed by atoms with Crippen molar-refractivity contribution in [1.29, 1.82) is 0 Å². The lowest BCUT2D eigenvalue weighted by atomic mass is 10.0. The van der Waals surface area contributed by atoms with Gasteiger partial charge in [-0.05, 0) is 32.2 Å². The molecule has 0 unspecified atom stereocenters. The molecule has 0 saturated carbocycles. The topological polar surface area (TPSA) is 26.7 Å². The Labute approximate surface area is 126 Å². The molecule has 0 amide bonds. The van der Waals surface area contributed by atoms with Crippen molar-refractivity contribution < 1.29 is 5.11 Å². The van der Waals surface area contributed by atoms with E-state index in [4.69, 9.17) is 5.11 Å². The minimum absolute atomic E-state index is 0.0699. The normalized spacial score (nSPS) is 17.8. The summed E-state index contributed by atoms with van der Waals surface area (Å²) in [6.45, 7) is 12.2. The van der Waals surface area contributed by atoms with Crippen molar-refractivity contribution in [3.8, 4) is 11.8 Å². The summed E-state index contributed by atoms with van der Waals surface area (Å²) in [6, 6.07) is 2.05. The molecule has 1 aliphatic heterocycles. The summed E-state index contributed by atoms with van der Waals surface area (Å²) < 4.78 is 0. The van der Waals surface area contributed by atoms with Gasteiger partial charge in [0.05, 0.1) is 0 Å². The van der Waals surface area contributed by atoms with Crippen LogP contribution in [-0.4, -0.2) is 53.2 Å². The highest BCUT2D eigenvalue weighted by Crippen LogP contribution is 2.21. The van der Waals surface area contributed by atoms with Crippen LogP contribution in [0.5, 0.6) is 0 Å². The second-order valence-electron chi connectivity index (χ2n) is 6.15. The van der Waals surface area contributed by atoms with Gasteiger partial charge in [0, 0.05) is 48.7 Å². The highest BCUT2D eigenvalue weighted by Gasteiger charge is 2.25. The summed E-state index contributed by atoms with van der Waals surface area (Å²) in [5.74, 6) is 5.78. The Morgan fingerprint density at radius 1 is 1.25 bits per heavy atom. The molecule has 0 atom stereocenters. The number of aliphatic hydroxyl groups is 1. The van der Waals surface area contributed by atoms with Crippen LogP contribution in [0.3, 0.4) is 0 Å². The van der Waals surface area contributed by atoms with Crippen LogP contribution in [0.2, 0.25) is 0 Å². The first-order chi connectivity index (χ1) is 9.50. The smallest absolute Gasteiger partial charge is 0.104 e. The molecule has 1 aromatic rings. The predicted molar refractivity (Wildman–Crippen MR) is 84.9 cm³/mol. The fourth-order valence-corrected chi connectivity index (χ4v) is 3.36. The number of hydrogen-bond acceptors (Lipinski definition) is 4. The average molecular weight is 292 g/mol. The fourth-order valence-electron chi connectivity index (χ4n) is 2.49. The number of aliphatic hydroxyl groups excluding tert-OH is 1. The number of rotatable bonds is 2. The first-order valence-corrected chi connectivity index (χ1v) is 8.02. The molecule has 0 spiro atoms. The van der Waals surface area contributed by atoms with E-state index in [0.717, 1.165) is 38.3 Å². The van der Waals surface area contributed by atoms with Crippen molar-refractivity contribution >= 4 is 11.3 Å². The van der Waals surface area contributed by atoms with E-state index in [1.165, 1.54) is 4.88 Å². The average Bonchev–Trinajstić information content (AvgIpc) is 2.83. The Morgan fingerprint density at radius 2 is 1.95 bits per heavy atom. The maximum absolute atomic E-state index is 8.80. The number of piperazine rings is 1. The Hall–Kier alpha value is -0.860. The van der Waals surface area contributed by atoms with E-state index in [1.807, 2.05) is 6.07 Å². The number of nitrogens with zero attached hydrogens (tertiary/aromatic N) is 2. The molecule has 4 heteroatoms. The SMILES string of the molecule is CC(C)(C)N1CCN(Cc2sccc2C#CCO)CC1. The maximum Gasteiger partial charge on any atom is 0.104 e. The van der Waals surface area contributed by atoms with Gasteiger partial charge in [-0.25, -0.2) is 0 Å². The van der Waals surface area contributed by atoms with Gasteiger partial charge in [0.25, 0.3) is 0 Å². The van der Waals surface area contributed by atoms with Crippen molar-refractivity contribution in [3.05, 3.63) is 21.9 Å². The zero-order valence-corrected chi connectivity index (χ0v) is 13.5.